The molecule has 2 heterocycles. The molecule has 3 aromatic carbocycles. The van der Waals surface area contributed by atoms with Crippen molar-refractivity contribution in [1.29, 1.82) is 0 Å². The summed E-state index contributed by atoms with van der Waals surface area (Å²) in [6, 6.07) is 21.1. The third kappa shape index (κ3) is 4.45. The Bertz CT molecular complexity index is 1400. The number of aromatic nitrogens is 1. The number of rotatable bonds is 6. The summed E-state index contributed by atoms with van der Waals surface area (Å²) in [5, 5.41) is 5.32. The highest BCUT2D eigenvalue weighted by molar-refractivity contribution is 6.33. The number of halogens is 1. The maximum atomic E-state index is 13.1. The molecule has 1 aliphatic heterocycles. The summed E-state index contributed by atoms with van der Waals surface area (Å²) in [4.78, 5) is 17.9. The Morgan fingerprint density at radius 1 is 1.09 bits per heavy atom. The minimum atomic E-state index is -0.337. The number of ether oxygens (including phenoxy) is 2. The molecule has 0 fully saturated rings. The third-order valence-corrected chi connectivity index (χ3v) is 5.94. The Morgan fingerprint density at radius 2 is 1.85 bits per heavy atom. The summed E-state index contributed by atoms with van der Waals surface area (Å²) >= 11 is 6.29. The van der Waals surface area contributed by atoms with E-state index in [1.165, 1.54) is 11.8 Å². The lowest BCUT2D eigenvalue weighted by atomic mass is 10.0. The number of amides is 1. The van der Waals surface area contributed by atoms with Crippen LogP contribution in [0, 0.1) is 0 Å². The average Bonchev–Trinajstić information content (AvgIpc) is 3.31. The molecule has 0 atom stereocenters. The lowest BCUT2D eigenvalue weighted by Crippen LogP contribution is -2.18. The van der Waals surface area contributed by atoms with E-state index in [1.54, 1.807) is 18.2 Å². The molecule has 7 heteroatoms. The lowest BCUT2D eigenvalue weighted by molar-refractivity contribution is 0.0956. The van der Waals surface area contributed by atoms with Gasteiger partial charge < -0.3 is 9.47 Å². The second-order valence-electron chi connectivity index (χ2n) is 7.95. The fourth-order valence-electron chi connectivity index (χ4n) is 3.89. The first-order valence-electron chi connectivity index (χ1n) is 11.0. The van der Waals surface area contributed by atoms with E-state index < -0.39 is 0 Å². The maximum absolute atomic E-state index is 13.1. The fourth-order valence-corrected chi connectivity index (χ4v) is 4.10. The molecule has 5 rings (SSSR count). The Labute approximate surface area is 202 Å². The number of pyridine rings is 1. The van der Waals surface area contributed by atoms with Gasteiger partial charge in [-0.2, -0.15) is 5.10 Å². The van der Waals surface area contributed by atoms with Crippen LogP contribution in [-0.4, -0.2) is 23.9 Å². The molecule has 4 aromatic rings. The highest BCUT2D eigenvalue weighted by Crippen LogP contribution is 2.36. The van der Waals surface area contributed by atoms with Gasteiger partial charge in [-0.25, -0.2) is 10.4 Å². The molecule has 0 unspecified atom stereocenters. The van der Waals surface area contributed by atoms with Crippen molar-refractivity contribution in [3.8, 4) is 22.8 Å². The molecule has 1 aliphatic rings. The molecule has 0 radical (unpaired) electrons. The van der Waals surface area contributed by atoms with Gasteiger partial charge in [0.25, 0.3) is 5.91 Å². The van der Waals surface area contributed by atoms with Crippen LogP contribution in [0.3, 0.4) is 0 Å². The van der Waals surface area contributed by atoms with Crippen LogP contribution >= 0.6 is 11.6 Å². The van der Waals surface area contributed by atoms with E-state index in [9.17, 15) is 4.79 Å². The Morgan fingerprint density at radius 3 is 2.65 bits per heavy atom. The normalized spacial score (nSPS) is 12.4. The number of nitrogens with zero attached hydrogens (tertiary/aromatic N) is 2. The zero-order valence-electron chi connectivity index (χ0n) is 18.5. The van der Waals surface area contributed by atoms with Gasteiger partial charge in [-0.3, -0.25) is 4.79 Å². The largest absolute Gasteiger partial charge is 0.454 e. The second-order valence-corrected chi connectivity index (χ2v) is 8.35. The molecule has 1 aromatic heterocycles. The monoisotopic (exact) mass is 471 g/mol. The van der Waals surface area contributed by atoms with E-state index in [0.717, 1.165) is 35.0 Å². The van der Waals surface area contributed by atoms with Crippen molar-refractivity contribution in [1.82, 2.24) is 10.4 Å². The van der Waals surface area contributed by atoms with Crippen LogP contribution in [0.25, 0.3) is 22.2 Å². The summed E-state index contributed by atoms with van der Waals surface area (Å²) in [6.07, 6.45) is 3.61. The Balaban J connectivity index is 1.43. The first kappa shape index (κ1) is 21.9. The number of nitrogens with one attached hydrogen (secondary N) is 1. The van der Waals surface area contributed by atoms with Crippen molar-refractivity contribution in [2.24, 2.45) is 5.10 Å². The van der Waals surface area contributed by atoms with Gasteiger partial charge >= 0.3 is 0 Å². The molecule has 170 valence electrons. The first-order chi connectivity index (χ1) is 16.6. The number of fused-ring (bicyclic) bond motifs is 2. The van der Waals surface area contributed by atoms with Crippen molar-refractivity contribution < 1.29 is 14.3 Å². The number of carbonyl (C=O) groups excluding carboxylic acids is 1. The van der Waals surface area contributed by atoms with Crippen LogP contribution in [0.2, 0.25) is 5.02 Å². The summed E-state index contributed by atoms with van der Waals surface area (Å²) in [7, 11) is 0. The number of aryl methyl sites for hydroxylation is 1. The van der Waals surface area contributed by atoms with Gasteiger partial charge in [0, 0.05) is 22.6 Å². The first-order valence-corrected chi connectivity index (χ1v) is 11.4. The molecule has 0 spiro atoms. The highest BCUT2D eigenvalue weighted by atomic mass is 35.5. The van der Waals surface area contributed by atoms with Gasteiger partial charge in [0.1, 0.15) is 0 Å². The van der Waals surface area contributed by atoms with Crippen LogP contribution in [0.4, 0.5) is 0 Å². The molecule has 1 N–H and O–H groups in total. The van der Waals surface area contributed by atoms with Crippen LogP contribution in [-0.2, 0) is 6.42 Å². The van der Waals surface area contributed by atoms with Crippen molar-refractivity contribution in [3.63, 3.8) is 0 Å². The molecular formula is C27H22ClN3O3. The summed E-state index contributed by atoms with van der Waals surface area (Å²) in [6.45, 7) is 2.31. The van der Waals surface area contributed by atoms with Crippen LogP contribution in [0.15, 0.2) is 71.8 Å². The van der Waals surface area contributed by atoms with Crippen LogP contribution in [0.1, 0.15) is 34.8 Å². The molecule has 0 saturated heterocycles. The van der Waals surface area contributed by atoms with Crippen molar-refractivity contribution in [2.45, 2.75) is 19.8 Å². The summed E-state index contributed by atoms with van der Waals surface area (Å²) < 4.78 is 10.7. The Kier molecular flexibility index (Phi) is 6.14. The number of benzene rings is 3. The fraction of sp³-hybridized carbons (Fsp3) is 0.148. The predicted molar refractivity (Wildman–Crippen MR) is 134 cm³/mol. The highest BCUT2D eigenvalue weighted by Gasteiger charge is 2.16. The van der Waals surface area contributed by atoms with E-state index in [-0.39, 0.29) is 12.7 Å². The van der Waals surface area contributed by atoms with Gasteiger partial charge in [0.15, 0.2) is 11.5 Å². The number of hydrogen-bond donors (Lipinski definition) is 1. The smallest absolute Gasteiger partial charge is 0.272 e. The summed E-state index contributed by atoms with van der Waals surface area (Å²) in [5.74, 6) is 0.840. The van der Waals surface area contributed by atoms with E-state index >= 15 is 0 Å². The predicted octanol–water partition coefficient (Wildman–Crippen LogP) is 6.00. The molecular weight excluding hydrogens is 450 g/mol. The molecule has 1 amide bonds. The van der Waals surface area contributed by atoms with Gasteiger partial charge in [-0.1, -0.05) is 67.4 Å². The van der Waals surface area contributed by atoms with E-state index in [2.05, 4.69) is 29.6 Å². The minimum absolute atomic E-state index is 0.155. The van der Waals surface area contributed by atoms with Crippen molar-refractivity contribution in [2.75, 3.05) is 6.79 Å². The number of hydrazone groups is 1. The van der Waals surface area contributed by atoms with E-state index in [4.69, 9.17) is 26.1 Å². The number of carbonyl (C=O) groups is 1. The van der Waals surface area contributed by atoms with Crippen LogP contribution in [0.5, 0.6) is 11.5 Å². The topological polar surface area (TPSA) is 72.8 Å². The minimum Gasteiger partial charge on any atom is -0.454 e. The van der Waals surface area contributed by atoms with Crippen LogP contribution < -0.4 is 14.9 Å². The van der Waals surface area contributed by atoms with E-state index in [0.29, 0.717) is 27.6 Å². The van der Waals surface area contributed by atoms with Crippen molar-refractivity contribution >= 4 is 34.6 Å². The maximum Gasteiger partial charge on any atom is 0.272 e. The van der Waals surface area contributed by atoms with Gasteiger partial charge in [-0.05, 0) is 30.2 Å². The Hall–Kier alpha value is -3.90. The second kappa shape index (κ2) is 9.53. The third-order valence-electron chi connectivity index (χ3n) is 5.61. The molecule has 0 bridgehead atoms. The lowest BCUT2D eigenvalue weighted by Gasteiger charge is -2.09. The van der Waals surface area contributed by atoms with E-state index in [1.807, 2.05) is 36.4 Å². The SMILES string of the molecule is CCCc1ccc(-c2cc(C(=O)N/N=C/c3cc4c(cc3Cl)OCO4)c3ccccc3n2)cc1. The van der Waals surface area contributed by atoms with Gasteiger partial charge in [-0.15, -0.1) is 0 Å². The standard InChI is InChI=1S/C27H22ClN3O3/c1-2-5-17-8-10-18(11-9-17)24-13-21(20-6-3-4-7-23(20)30-24)27(32)31-29-15-19-12-25-26(14-22(19)28)34-16-33-25/h3-4,6-15H,2,5,16H2,1H3,(H,31,32)/b29-15+. The number of para-hydroxylation sites is 1. The molecule has 34 heavy (non-hydrogen) atoms. The average molecular weight is 472 g/mol. The zero-order chi connectivity index (χ0) is 23.5. The van der Waals surface area contributed by atoms with Crippen molar-refractivity contribution in [3.05, 3.63) is 88.4 Å². The molecule has 0 saturated carbocycles. The quantitative estimate of drug-likeness (QED) is 0.276. The summed E-state index contributed by atoms with van der Waals surface area (Å²) in [5.41, 5.74) is 7.42. The van der Waals surface area contributed by atoms with Gasteiger partial charge in [0.05, 0.1) is 28.0 Å². The molecule has 0 aliphatic carbocycles. The molecule has 6 nitrogen and oxygen atoms in total. The van der Waals surface area contributed by atoms with Gasteiger partial charge in [0.2, 0.25) is 6.79 Å². The zero-order valence-corrected chi connectivity index (χ0v) is 19.3. The number of hydrogen-bond acceptors (Lipinski definition) is 5.